The summed E-state index contributed by atoms with van der Waals surface area (Å²) in [6.07, 6.45) is 9.40. The lowest BCUT2D eigenvalue weighted by atomic mass is 10.0. The molecule has 0 aromatic rings. The standard InChI is InChI=1S/C15H31NO2S/c1-4-15(5-2,19-3)12-16-10-13(17)11-18-14-8-6-7-9-14/h13-14,16-17H,4-12H2,1-3H3. The Bertz CT molecular complexity index is 220. The van der Waals surface area contributed by atoms with Crippen molar-refractivity contribution in [1.29, 1.82) is 0 Å². The average Bonchev–Trinajstić information content (AvgIpc) is 2.95. The summed E-state index contributed by atoms with van der Waals surface area (Å²) in [4.78, 5) is 0. The zero-order valence-corrected chi connectivity index (χ0v) is 13.6. The minimum Gasteiger partial charge on any atom is -0.389 e. The van der Waals surface area contributed by atoms with E-state index >= 15 is 0 Å². The second-order valence-corrected chi connectivity index (χ2v) is 6.89. The van der Waals surface area contributed by atoms with E-state index in [2.05, 4.69) is 25.4 Å². The van der Waals surface area contributed by atoms with E-state index in [4.69, 9.17) is 4.74 Å². The maximum absolute atomic E-state index is 9.93. The summed E-state index contributed by atoms with van der Waals surface area (Å²) in [6, 6.07) is 0. The van der Waals surface area contributed by atoms with Crippen LogP contribution in [0.3, 0.4) is 0 Å². The lowest BCUT2D eigenvalue weighted by Gasteiger charge is -2.30. The van der Waals surface area contributed by atoms with Crippen LogP contribution in [0.5, 0.6) is 0 Å². The van der Waals surface area contributed by atoms with E-state index in [1.807, 2.05) is 11.8 Å². The first-order valence-electron chi connectivity index (χ1n) is 7.71. The molecule has 0 spiro atoms. The van der Waals surface area contributed by atoms with Crippen molar-refractivity contribution in [2.24, 2.45) is 0 Å². The van der Waals surface area contributed by atoms with Gasteiger partial charge < -0.3 is 15.2 Å². The Morgan fingerprint density at radius 1 is 1.32 bits per heavy atom. The first-order valence-corrected chi connectivity index (χ1v) is 8.93. The highest BCUT2D eigenvalue weighted by atomic mass is 32.2. The highest BCUT2D eigenvalue weighted by Gasteiger charge is 2.24. The van der Waals surface area contributed by atoms with Crippen molar-refractivity contribution < 1.29 is 9.84 Å². The van der Waals surface area contributed by atoms with Crippen molar-refractivity contribution in [2.75, 3.05) is 26.0 Å². The molecule has 0 saturated heterocycles. The summed E-state index contributed by atoms with van der Waals surface area (Å²) < 4.78 is 6.04. The van der Waals surface area contributed by atoms with Crippen molar-refractivity contribution >= 4 is 11.8 Å². The smallest absolute Gasteiger partial charge is 0.0897 e. The Kier molecular flexibility index (Phi) is 8.38. The Labute approximate surface area is 122 Å². The highest BCUT2D eigenvalue weighted by molar-refractivity contribution is 8.00. The predicted octanol–water partition coefficient (Wildman–Crippen LogP) is 2.82. The monoisotopic (exact) mass is 289 g/mol. The van der Waals surface area contributed by atoms with E-state index in [1.165, 1.54) is 25.7 Å². The minimum atomic E-state index is -0.381. The summed E-state index contributed by atoms with van der Waals surface area (Å²) in [6.45, 7) is 6.54. The number of aliphatic hydroxyl groups excluding tert-OH is 1. The lowest BCUT2D eigenvalue weighted by Crippen LogP contribution is -2.41. The van der Waals surface area contributed by atoms with Gasteiger partial charge in [0.2, 0.25) is 0 Å². The van der Waals surface area contributed by atoms with Crippen molar-refractivity contribution in [3.05, 3.63) is 0 Å². The molecule has 0 radical (unpaired) electrons. The molecule has 1 atom stereocenters. The molecule has 0 heterocycles. The van der Waals surface area contributed by atoms with E-state index in [-0.39, 0.29) is 6.10 Å². The van der Waals surface area contributed by atoms with E-state index in [0.717, 1.165) is 19.4 Å². The largest absolute Gasteiger partial charge is 0.389 e. The van der Waals surface area contributed by atoms with Gasteiger partial charge in [-0.1, -0.05) is 26.7 Å². The van der Waals surface area contributed by atoms with Gasteiger partial charge in [-0.2, -0.15) is 11.8 Å². The van der Waals surface area contributed by atoms with Crippen molar-refractivity contribution in [1.82, 2.24) is 5.32 Å². The molecular weight excluding hydrogens is 258 g/mol. The van der Waals surface area contributed by atoms with Crippen LogP contribution in [0, 0.1) is 0 Å². The lowest BCUT2D eigenvalue weighted by molar-refractivity contribution is -0.00552. The van der Waals surface area contributed by atoms with Crippen LogP contribution in [0.15, 0.2) is 0 Å². The SMILES string of the molecule is CCC(CC)(CNCC(O)COC1CCCC1)SC. The van der Waals surface area contributed by atoms with Crippen molar-refractivity contribution in [2.45, 2.75) is 69.3 Å². The molecule has 4 heteroatoms. The zero-order chi connectivity index (χ0) is 14.1. The van der Waals surface area contributed by atoms with Crippen LogP contribution in [-0.4, -0.2) is 48.0 Å². The zero-order valence-electron chi connectivity index (χ0n) is 12.8. The molecule has 0 aromatic heterocycles. The van der Waals surface area contributed by atoms with Crippen molar-refractivity contribution in [3.8, 4) is 0 Å². The number of ether oxygens (including phenoxy) is 1. The third kappa shape index (κ3) is 6.03. The molecule has 0 aromatic carbocycles. The molecule has 1 rings (SSSR count). The number of aliphatic hydroxyl groups is 1. The number of nitrogens with one attached hydrogen (secondary N) is 1. The number of rotatable bonds is 10. The van der Waals surface area contributed by atoms with Gasteiger partial charge in [0.05, 0.1) is 18.8 Å². The van der Waals surface area contributed by atoms with Gasteiger partial charge in [0.1, 0.15) is 0 Å². The molecule has 1 saturated carbocycles. The molecule has 2 N–H and O–H groups in total. The van der Waals surface area contributed by atoms with E-state index in [1.54, 1.807) is 0 Å². The van der Waals surface area contributed by atoms with Gasteiger partial charge in [-0.05, 0) is 31.9 Å². The van der Waals surface area contributed by atoms with E-state index < -0.39 is 0 Å². The molecule has 1 aliphatic rings. The van der Waals surface area contributed by atoms with Crippen LogP contribution in [-0.2, 0) is 4.74 Å². The highest BCUT2D eigenvalue weighted by Crippen LogP contribution is 2.29. The Hall–Kier alpha value is 0.230. The van der Waals surface area contributed by atoms with Gasteiger partial charge in [-0.15, -0.1) is 0 Å². The number of hydrogen-bond acceptors (Lipinski definition) is 4. The molecule has 0 amide bonds. The third-order valence-electron chi connectivity index (χ3n) is 4.38. The molecule has 1 aliphatic carbocycles. The van der Waals surface area contributed by atoms with Crippen LogP contribution in [0.4, 0.5) is 0 Å². The first kappa shape index (κ1) is 17.3. The van der Waals surface area contributed by atoms with E-state index in [9.17, 15) is 5.11 Å². The normalized spacial score (nSPS) is 18.9. The predicted molar refractivity (Wildman–Crippen MR) is 83.9 cm³/mol. The number of thioether (sulfide) groups is 1. The quantitative estimate of drug-likeness (QED) is 0.649. The molecule has 19 heavy (non-hydrogen) atoms. The van der Waals surface area contributed by atoms with Gasteiger partial charge in [-0.25, -0.2) is 0 Å². The molecule has 1 unspecified atom stereocenters. The topological polar surface area (TPSA) is 41.5 Å². The second kappa shape index (κ2) is 9.22. The fourth-order valence-corrected chi connectivity index (χ4v) is 3.51. The average molecular weight is 289 g/mol. The van der Waals surface area contributed by atoms with Crippen LogP contribution in [0.25, 0.3) is 0 Å². The summed E-state index contributed by atoms with van der Waals surface area (Å²) in [5.74, 6) is 0. The van der Waals surface area contributed by atoms with Crippen LogP contribution < -0.4 is 5.32 Å². The molecule has 114 valence electrons. The van der Waals surface area contributed by atoms with Crippen molar-refractivity contribution in [3.63, 3.8) is 0 Å². The second-order valence-electron chi connectivity index (χ2n) is 5.62. The first-order chi connectivity index (χ1) is 9.15. The van der Waals surface area contributed by atoms with Crippen LogP contribution >= 0.6 is 11.8 Å². The fraction of sp³-hybridized carbons (Fsp3) is 1.00. The van der Waals surface area contributed by atoms with Crippen LogP contribution in [0.2, 0.25) is 0 Å². The molecular formula is C15H31NO2S. The number of hydrogen-bond donors (Lipinski definition) is 2. The Morgan fingerprint density at radius 2 is 1.95 bits per heavy atom. The van der Waals surface area contributed by atoms with Crippen LogP contribution in [0.1, 0.15) is 52.4 Å². The Morgan fingerprint density at radius 3 is 2.47 bits per heavy atom. The maximum Gasteiger partial charge on any atom is 0.0897 e. The molecule has 0 aliphatic heterocycles. The van der Waals surface area contributed by atoms with Gasteiger partial charge in [0.15, 0.2) is 0 Å². The maximum atomic E-state index is 9.93. The fourth-order valence-electron chi connectivity index (χ4n) is 2.69. The Balaban J connectivity index is 2.13. The molecule has 0 bridgehead atoms. The third-order valence-corrected chi connectivity index (χ3v) is 5.96. The summed E-state index contributed by atoms with van der Waals surface area (Å²) in [7, 11) is 0. The van der Waals surface area contributed by atoms with Gasteiger partial charge >= 0.3 is 0 Å². The molecule has 3 nitrogen and oxygen atoms in total. The summed E-state index contributed by atoms with van der Waals surface area (Å²) >= 11 is 1.93. The van der Waals surface area contributed by atoms with Gasteiger partial charge in [0.25, 0.3) is 0 Å². The minimum absolute atomic E-state index is 0.312. The van der Waals surface area contributed by atoms with Gasteiger partial charge in [0, 0.05) is 17.8 Å². The molecule has 1 fully saturated rings. The summed E-state index contributed by atoms with van der Waals surface area (Å²) in [5, 5.41) is 13.3. The van der Waals surface area contributed by atoms with E-state index in [0.29, 0.717) is 24.0 Å². The summed E-state index contributed by atoms with van der Waals surface area (Å²) in [5.41, 5.74) is 0. The van der Waals surface area contributed by atoms with Gasteiger partial charge in [-0.3, -0.25) is 0 Å².